The lowest BCUT2D eigenvalue weighted by Crippen LogP contribution is -2.40. The zero-order chi connectivity index (χ0) is 19.6. The normalized spacial score (nSPS) is 19.3. The smallest absolute Gasteiger partial charge is 0.228 e. The van der Waals surface area contributed by atoms with Crippen molar-refractivity contribution in [3.8, 4) is 0 Å². The van der Waals surface area contributed by atoms with E-state index < -0.39 is 5.41 Å². The van der Waals surface area contributed by atoms with Crippen molar-refractivity contribution < 1.29 is 9.59 Å². The van der Waals surface area contributed by atoms with Crippen LogP contribution in [0.1, 0.15) is 19.0 Å². The minimum absolute atomic E-state index is 0.106. The van der Waals surface area contributed by atoms with E-state index >= 15 is 0 Å². The number of carbonyl (C=O) groups is 2. The summed E-state index contributed by atoms with van der Waals surface area (Å²) in [6, 6.07) is 6.65. The zero-order valence-electron chi connectivity index (χ0n) is 14.9. The van der Waals surface area contributed by atoms with Gasteiger partial charge in [-0.2, -0.15) is 0 Å². The molecular weight excluding hydrogens is 389 g/mol. The number of aromatic nitrogens is 2. The van der Waals surface area contributed by atoms with Crippen LogP contribution in [0, 0.1) is 5.41 Å². The first kappa shape index (κ1) is 19.4. The van der Waals surface area contributed by atoms with E-state index in [1.807, 2.05) is 0 Å². The van der Waals surface area contributed by atoms with Crippen LogP contribution in [0.15, 0.2) is 30.5 Å². The van der Waals surface area contributed by atoms with Crippen LogP contribution in [0.25, 0.3) is 0 Å². The second kappa shape index (κ2) is 7.70. The van der Waals surface area contributed by atoms with E-state index in [-0.39, 0.29) is 31.3 Å². The molecule has 27 heavy (non-hydrogen) atoms. The first-order valence-electron chi connectivity index (χ1n) is 8.35. The van der Waals surface area contributed by atoms with E-state index in [1.54, 1.807) is 49.3 Å². The topological polar surface area (TPSA) is 87.2 Å². The minimum atomic E-state index is -0.856. The maximum atomic E-state index is 12.8. The van der Waals surface area contributed by atoms with Crippen molar-refractivity contribution in [1.82, 2.24) is 15.3 Å². The lowest BCUT2D eigenvalue weighted by molar-refractivity contribution is -0.131. The minimum Gasteiger partial charge on any atom is -0.357 e. The van der Waals surface area contributed by atoms with Gasteiger partial charge in [-0.05, 0) is 31.2 Å². The van der Waals surface area contributed by atoms with Crippen LogP contribution < -0.4 is 15.5 Å². The lowest BCUT2D eigenvalue weighted by Gasteiger charge is -2.23. The van der Waals surface area contributed by atoms with Crippen LogP contribution in [-0.4, -0.2) is 35.4 Å². The maximum Gasteiger partial charge on any atom is 0.228 e. The highest BCUT2D eigenvalue weighted by molar-refractivity contribution is 6.35. The van der Waals surface area contributed by atoms with E-state index in [2.05, 4.69) is 20.6 Å². The van der Waals surface area contributed by atoms with Crippen LogP contribution >= 0.6 is 23.2 Å². The molecule has 1 fully saturated rings. The van der Waals surface area contributed by atoms with E-state index in [9.17, 15) is 9.59 Å². The fourth-order valence-corrected chi connectivity index (χ4v) is 3.52. The van der Waals surface area contributed by atoms with Gasteiger partial charge in [0.2, 0.25) is 17.8 Å². The summed E-state index contributed by atoms with van der Waals surface area (Å²) in [6.07, 6.45) is 1.72. The molecule has 0 spiro atoms. The van der Waals surface area contributed by atoms with Gasteiger partial charge in [-0.3, -0.25) is 9.59 Å². The van der Waals surface area contributed by atoms with Gasteiger partial charge in [-0.15, -0.1) is 0 Å². The molecule has 1 saturated heterocycles. The van der Waals surface area contributed by atoms with Crippen molar-refractivity contribution in [2.45, 2.75) is 19.9 Å². The van der Waals surface area contributed by atoms with Crippen LogP contribution in [0.4, 0.5) is 11.6 Å². The average molecular weight is 408 g/mol. The molecule has 0 saturated carbocycles. The summed E-state index contributed by atoms with van der Waals surface area (Å²) >= 11 is 12.1. The third kappa shape index (κ3) is 4.31. The van der Waals surface area contributed by atoms with Crippen molar-refractivity contribution in [3.05, 3.63) is 46.2 Å². The molecule has 1 aromatic carbocycles. The SMILES string of the molecule is CNc1nccc(CNC(=O)C2(C)CC(=O)N(c3cc(Cl)cc(Cl)c3)C2)n1. The molecular formula is C18H19Cl2N5O2. The van der Waals surface area contributed by atoms with E-state index in [4.69, 9.17) is 23.2 Å². The quantitative estimate of drug-likeness (QED) is 0.795. The summed E-state index contributed by atoms with van der Waals surface area (Å²) < 4.78 is 0. The van der Waals surface area contributed by atoms with Gasteiger partial charge in [0.05, 0.1) is 17.7 Å². The molecule has 142 valence electrons. The Morgan fingerprint density at radius 2 is 2.00 bits per heavy atom. The van der Waals surface area contributed by atoms with Crippen molar-refractivity contribution in [2.24, 2.45) is 5.41 Å². The molecule has 1 unspecified atom stereocenters. The molecule has 0 radical (unpaired) electrons. The largest absolute Gasteiger partial charge is 0.357 e. The molecule has 1 aliphatic heterocycles. The van der Waals surface area contributed by atoms with Crippen molar-refractivity contribution in [2.75, 3.05) is 23.8 Å². The third-order valence-electron chi connectivity index (χ3n) is 4.42. The summed E-state index contributed by atoms with van der Waals surface area (Å²) in [5, 5.41) is 6.58. The molecule has 2 heterocycles. The van der Waals surface area contributed by atoms with Gasteiger partial charge in [-0.1, -0.05) is 23.2 Å². The first-order valence-corrected chi connectivity index (χ1v) is 9.11. The van der Waals surface area contributed by atoms with Gasteiger partial charge in [0.25, 0.3) is 0 Å². The predicted octanol–water partition coefficient (Wildman–Crippen LogP) is 2.88. The first-order chi connectivity index (χ1) is 12.8. The number of halogens is 2. The Kier molecular flexibility index (Phi) is 5.53. The molecule has 0 aliphatic carbocycles. The lowest BCUT2D eigenvalue weighted by atomic mass is 9.88. The number of benzene rings is 1. The molecule has 2 aromatic rings. The van der Waals surface area contributed by atoms with Crippen molar-refractivity contribution >= 4 is 46.7 Å². The van der Waals surface area contributed by atoms with Gasteiger partial charge in [0, 0.05) is 41.9 Å². The van der Waals surface area contributed by atoms with Crippen molar-refractivity contribution in [3.63, 3.8) is 0 Å². The van der Waals surface area contributed by atoms with Crippen LogP contribution in [0.5, 0.6) is 0 Å². The van der Waals surface area contributed by atoms with Crippen LogP contribution in [-0.2, 0) is 16.1 Å². The number of amides is 2. The number of nitrogens with one attached hydrogen (secondary N) is 2. The Hall–Kier alpha value is -2.38. The molecule has 1 aromatic heterocycles. The summed E-state index contributed by atoms with van der Waals surface area (Å²) in [6.45, 7) is 2.27. The molecule has 0 bridgehead atoms. The fraction of sp³-hybridized carbons (Fsp3) is 0.333. The summed E-state index contributed by atoms with van der Waals surface area (Å²) in [7, 11) is 1.72. The highest BCUT2D eigenvalue weighted by Gasteiger charge is 2.45. The summed E-state index contributed by atoms with van der Waals surface area (Å²) in [4.78, 5) is 35.1. The number of hydrogen-bond donors (Lipinski definition) is 2. The van der Waals surface area contributed by atoms with E-state index in [0.29, 0.717) is 27.4 Å². The van der Waals surface area contributed by atoms with Gasteiger partial charge >= 0.3 is 0 Å². The molecule has 3 rings (SSSR count). The zero-order valence-corrected chi connectivity index (χ0v) is 16.4. The van der Waals surface area contributed by atoms with Gasteiger partial charge < -0.3 is 15.5 Å². The maximum absolute atomic E-state index is 12.8. The predicted molar refractivity (Wildman–Crippen MR) is 105 cm³/mol. The Morgan fingerprint density at radius 1 is 1.30 bits per heavy atom. The van der Waals surface area contributed by atoms with Gasteiger partial charge in [-0.25, -0.2) is 9.97 Å². The third-order valence-corrected chi connectivity index (χ3v) is 4.86. The van der Waals surface area contributed by atoms with Gasteiger partial charge in [0.15, 0.2) is 0 Å². The number of carbonyl (C=O) groups excluding carboxylic acids is 2. The molecule has 1 atom stereocenters. The Labute approximate surface area is 167 Å². The fourth-order valence-electron chi connectivity index (χ4n) is 3.00. The number of hydrogen-bond acceptors (Lipinski definition) is 5. The highest BCUT2D eigenvalue weighted by Crippen LogP contribution is 2.36. The standard InChI is InChI=1S/C18H19Cl2N5O2/c1-18(16(27)23-9-13-3-4-22-17(21-2)24-13)8-15(26)25(10-18)14-6-11(19)5-12(20)7-14/h3-7H,8-10H2,1-2H3,(H,23,27)(H,21,22,24). The van der Waals surface area contributed by atoms with Crippen molar-refractivity contribution in [1.29, 1.82) is 0 Å². The second-order valence-electron chi connectivity index (χ2n) is 6.65. The van der Waals surface area contributed by atoms with Crippen LogP contribution in [0.2, 0.25) is 10.0 Å². The Morgan fingerprint density at radius 3 is 2.67 bits per heavy atom. The van der Waals surface area contributed by atoms with Crippen LogP contribution in [0.3, 0.4) is 0 Å². The Balaban J connectivity index is 1.70. The molecule has 1 aliphatic rings. The number of anilines is 2. The number of rotatable bonds is 5. The highest BCUT2D eigenvalue weighted by atomic mass is 35.5. The summed E-state index contributed by atoms with van der Waals surface area (Å²) in [5.41, 5.74) is 0.405. The van der Waals surface area contributed by atoms with Gasteiger partial charge in [0.1, 0.15) is 0 Å². The Bertz CT molecular complexity index is 872. The van der Waals surface area contributed by atoms with E-state index in [1.165, 1.54) is 0 Å². The number of nitrogens with zero attached hydrogens (tertiary/aromatic N) is 3. The monoisotopic (exact) mass is 407 g/mol. The molecule has 2 N–H and O–H groups in total. The average Bonchev–Trinajstić information content (AvgIpc) is 2.95. The molecule has 9 heteroatoms. The molecule has 2 amide bonds. The molecule has 7 nitrogen and oxygen atoms in total. The second-order valence-corrected chi connectivity index (χ2v) is 7.52. The summed E-state index contributed by atoms with van der Waals surface area (Å²) in [5.74, 6) is 0.120. The van der Waals surface area contributed by atoms with E-state index in [0.717, 1.165) is 0 Å².